The number of hydrogen-bond donors (Lipinski definition) is 2. The Bertz CT molecular complexity index is 492. The van der Waals surface area contributed by atoms with Gasteiger partial charge in [-0.15, -0.1) is 36.2 Å². The van der Waals surface area contributed by atoms with E-state index in [1.807, 2.05) is 4.90 Å². The Kier molecular flexibility index (Phi) is 9.59. The van der Waals surface area contributed by atoms with Crippen molar-refractivity contribution in [1.29, 1.82) is 0 Å². The van der Waals surface area contributed by atoms with E-state index in [1.165, 1.54) is 18.3 Å². The Balaban J connectivity index is 0.00000220. The fraction of sp³-hybridized carbons (Fsp3) is 0.615. The zero-order valence-corrected chi connectivity index (χ0v) is 15.1. The van der Waals surface area contributed by atoms with Crippen molar-refractivity contribution in [2.45, 2.75) is 32.7 Å². The minimum atomic E-state index is -0.177. The molecule has 0 radical (unpaired) electrons. The van der Waals surface area contributed by atoms with E-state index in [9.17, 15) is 9.59 Å². The minimum Gasteiger partial charge on any atom is -0.333 e. The topological polar surface area (TPSA) is 74.3 Å². The van der Waals surface area contributed by atoms with Gasteiger partial charge in [-0.25, -0.2) is 4.98 Å². The summed E-state index contributed by atoms with van der Waals surface area (Å²) in [4.78, 5) is 29.6. The fourth-order valence-electron chi connectivity index (χ4n) is 2.32. The van der Waals surface area contributed by atoms with Gasteiger partial charge < -0.3 is 15.5 Å². The fourth-order valence-corrected chi connectivity index (χ4v) is 3.05. The van der Waals surface area contributed by atoms with Crippen molar-refractivity contribution < 1.29 is 9.59 Å². The number of thiazole rings is 1. The molecule has 2 rings (SSSR count). The van der Waals surface area contributed by atoms with Crippen LogP contribution in [0.1, 0.15) is 37.2 Å². The lowest BCUT2D eigenvalue weighted by molar-refractivity contribution is -0.114. The predicted molar refractivity (Wildman–Crippen MR) is 93.5 cm³/mol. The Morgan fingerprint density at radius 2 is 2.23 bits per heavy atom. The molecule has 2 N–H and O–H groups in total. The molecule has 1 fully saturated rings. The molecule has 0 aliphatic carbocycles. The van der Waals surface area contributed by atoms with Gasteiger partial charge >= 0.3 is 0 Å². The second-order valence-corrected chi connectivity index (χ2v) is 5.72. The van der Waals surface area contributed by atoms with Gasteiger partial charge in [0, 0.05) is 31.4 Å². The zero-order chi connectivity index (χ0) is 14.5. The number of nitrogens with one attached hydrogen (secondary N) is 2. The maximum Gasteiger partial charge on any atom is 0.273 e. The first kappa shape index (κ1) is 21.1. The highest BCUT2D eigenvalue weighted by Gasteiger charge is 2.28. The van der Waals surface area contributed by atoms with Gasteiger partial charge in [0.25, 0.3) is 5.91 Å². The first-order valence-electron chi connectivity index (χ1n) is 6.86. The molecule has 0 aromatic carbocycles. The second kappa shape index (κ2) is 9.99. The van der Waals surface area contributed by atoms with Gasteiger partial charge in [-0.05, 0) is 19.4 Å². The molecule has 0 bridgehead atoms. The molecule has 1 aromatic heterocycles. The predicted octanol–water partition coefficient (Wildman–Crippen LogP) is 2.16. The molecule has 0 spiro atoms. The molecule has 1 unspecified atom stereocenters. The van der Waals surface area contributed by atoms with Crippen molar-refractivity contribution in [3.63, 3.8) is 0 Å². The third-order valence-corrected chi connectivity index (χ3v) is 3.96. The molecule has 9 heteroatoms. The summed E-state index contributed by atoms with van der Waals surface area (Å²) < 4.78 is 0. The summed E-state index contributed by atoms with van der Waals surface area (Å²) in [6, 6.07) is 0.244. The van der Waals surface area contributed by atoms with Crippen LogP contribution in [-0.4, -0.2) is 47.4 Å². The van der Waals surface area contributed by atoms with Crippen molar-refractivity contribution in [2.75, 3.05) is 25.0 Å². The molecule has 6 nitrogen and oxygen atoms in total. The molecule has 2 amide bonds. The Morgan fingerprint density at radius 1 is 1.50 bits per heavy atom. The molecule has 126 valence electrons. The van der Waals surface area contributed by atoms with Crippen LogP contribution in [0.25, 0.3) is 0 Å². The van der Waals surface area contributed by atoms with Crippen molar-refractivity contribution in [1.82, 2.24) is 15.2 Å². The van der Waals surface area contributed by atoms with Gasteiger partial charge in [-0.2, -0.15) is 0 Å². The van der Waals surface area contributed by atoms with Crippen LogP contribution in [0.15, 0.2) is 5.38 Å². The van der Waals surface area contributed by atoms with Gasteiger partial charge in [0.15, 0.2) is 5.13 Å². The third-order valence-electron chi connectivity index (χ3n) is 3.21. The second-order valence-electron chi connectivity index (χ2n) is 4.86. The van der Waals surface area contributed by atoms with Crippen LogP contribution in [0.2, 0.25) is 0 Å². The Morgan fingerprint density at radius 3 is 2.77 bits per heavy atom. The summed E-state index contributed by atoms with van der Waals surface area (Å²) in [6.45, 7) is 6.02. The van der Waals surface area contributed by atoms with Crippen molar-refractivity contribution in [2.24, 2.45) is 0 Å². The average molecular weight is 369 g/mol. The first-order valence-corrected chi connectivity index (χ1v) is 7.74. The summed E-state index contributed by atoms with van der Waals surface area (Å²) in [5, 5.41) is 8.07. The maximum absolute atomic E-state index is 12.6. The number of nitrogens with zero attached hydrogens (tertiary/aromatic N) is 2. The Hall–Kier alpha value is -0.890. The number of hydrogen-bond acceptors (Lipinski definition) is 5. The van der Waals surface area contributed by atoms with E-state index in [1.54, 1.807) is 5.38 Å². The van der Waals surface area contributed by atoms with Crippen molar-refractivity contribution in [3.8, 4) is 0 Å². The van der Waals surface area contributed by atoms with Crippen LogP contribution < -0.4 is 10.6 Å². The molecule has 1 atom stereocenters. The van der Waals surface area contributed by atoms with Crippen molar-refractivity contribution in [3.05, 3.63) is 11.1 Å². The highest BCUT2D eigenvalue weighted by molar-refractivity contribution is 7.14. The van der Waals surface area contributed by atoms with E-state index in [-0.39, 0.29) is 42.7 Å². The number of carbonyl (C=O) groups is 2. The molecular weight excluding hydrogens is 347 g/mol. The third kappa shape index (κ3) is 5.39. The SMILES string of the molecule is CCCN(C(=O)c1csc(NC(C)=O)n1)C1CCNC1.Cl.Cl. The van der Waals surface area contributed by atoms with Crippen LogP contribution in [0.3, 0.4) is 0 Å². The molecule has 1 saturated heterocycles. The normalized spacial score (nSPS) is 16.4. The van der Waals surface area contributed by atoms with Crippen LogP contribution >= 0.6 is 36.2 Å². The first-order chi connectivity index (χ1) is 9.61. The van der Waals surface area contributed by atoms with Gasteiger partial charge in [0.05, 0.1) is 0 Å². The average Bonchev–Trinajstić information content (AvgIpc) is 3.05. The summed E-state index contributed by atoms with van der Waals surface area (Å²) in [5.74, 6) is -0.225. The summed E-state index contributed by atoms with van der Waals surface area (Å²) in [5.41, 5.74) is 0.416. The molecule has 1 aromatic rings. The number of aromatic nitrogens is 1. The lowest BCUT2D eigenvalue weighted by atomic mass is 10.2. The maximum atomic E-state index is 12.6. The number of rotatable bonds is 5. The van der Waals surface area contributed by atoms with E-state index in [0.717, 1.165) is 32.5 Å². The smallest absolute Gasteiger partial charge is 0.273 e. The quantitative estimate of drug-likeness (QED) is 0.834. The number of halogens is 2. The van der Waals surface area contributed by atoms with E-state index >= 15 is 0 Å². The van der Waals surface area contributed by atoms with Gasteiger partial charge in [-0.3, -0.25) is 9.59 Å². The molecule has 0 saturated carbocycles. The van der Waals surface area contributed by atoms with E-state index in [4.69, 9.17) is 0 Å². The molecule has 1 aliphatic heterocycles. The van der Waals surface area contributed by atoms with Crippen LogP contribution in [0.5, 0.6) is 0 Å². The standard InChI is InChI=1S/C13H20N4O2S.2ClH/c1-3-6-17(10-4-5-14-7-10)12(19)11-8-20-13(16-11)15-9(2)18;;/h8,10,14H,3-7H2,1-2H3,(H,15,16,18);2*1H. The van der Waals surface area contributed by atoms with E-state index in [2.05, 4.69) is 22.5 Å². The number of carbonyl (C=O) groups excluding carboxylic acids is 2. The molecule has 22 heavy (non-hydrogen) atoms. The lowest BCUT2D eigenvalue weighted by Crippen LogP contribution is -2.42. The monoisotopic (exact) mass is 368 g/mol. The summed E-state index contributed by atoms with van der Waals surface area (Å²) >= 11 is 1.28. The van der Waals surface area contributed by atoms with Crippen molar-refractivity contribution >= 4 is 53.1 Å². The van der Waals surface area contributed by atoms with Crippen LogP contribution in [0.4, 0.5) is 5.13 Å². The molecule has 2 heterocycles. The van der Waals surface area contributed by atoms with Crippen LogP contribution in [-0.2, 0) is 4.79 Å². The Labute approximate surface area is 146 Å². The summed E-state index contributed by atoms with van der Waals surface area (Å²) in [6.07, 6.45) is 1.90. The highest BCUT2D eigenvalue weighted by atomic mass is 35.5. The van der Waals surface area contributed by atoms with Gasteiger partial charge in [0.2, 0.25) is 5.91 Å². The van der Waals surface area contributed by atoms with E-state index in [0.29, 0.717) is 10.8 Å². The van der Waals surface area contributed by atoms with Crippen LogP contribution in [0, 0.1) is 0 Å². The molecular formula is C13H22Cl2N4O2S. The highest BCUT2D eigenvalue weighted by Crippen LogP contribution is 2.19. The zero-order valence-electron chi connectivity index (χ0n) is 12.6. The largest absolute Gasteiger partial charge is 0.333 e. The minimum absolute atomic E-state index is 0. The number of anilines is 1. The number of amides is 2. The lowest BCUT2D eigenvalue weighted by Gasteiger charge is -2.27. The van der Waals surface area contributed by atoms with E-state index < -0.39 is 0 Å². The van der Waals surface area contributed by atoms with Gasteiger partial charge in [0.1, 0.15) is 5.69 Å². The summed E-state index contributed by atoms with van der Waals surface area (Å²) in [7, 11) is 0. The molecule has 1 aliphatic rings. The van der Waals surface area contributed by atoms with Gasteiger partial charge in [-0.1, -0.05) is 6.92 Å².